The van der Waals surface area contributed by atoms with Gasteiger partial charge in [0.25, 0.3) is 0 Å². The van der Waals surface area contributed by atoms with Gasteiger partial charge >= 0.3 is 0 Å². The molecular weight excluding hydrogens is 254 g/mol. The Morgan fingerprint density at radius 3 is 2.33 bits per heavy atom. The van der Waals surface area contributed by atoms with E-state index >= 15 is 0 Å². The molecule has 4 atom stereocenters. The van der Waals surface area contributed by atoms with Crippen LogP contribution in [0.1, 0.15) is 71.9 Å². The third-order valence-electron chi connectivity index (χ3n) is 4.87. The summed E-state index contributed by atoms with van der Waals surface area (Å²) in [5, 5.41) is 4.00. The molecule has 118 valence electrons. The van der Waals surface area contributed by atoms with Gasteiger partial charge in [0.2, 0.25) is 0 Å². The molecule has 0 saturated heterocycles. The van der Waals surface area contributed by atoms with E-state index < -0.39 is 0 Å². The molecule has 2 rings (SSSR count). The molecule has 1 aliphatic carbocycles. The highest BCUT2D eigenvalue weighted by molar-refractivity contribution is 5.19. The van der Waals surface area contributed by atoms with E-state index in [1.165, 1.54) is 31.2 Å². The number of rotatable bonds is 4. The van der Waals surface area contributed by atoms with Gasteiger partial charge in [-0.2, -0.15) is 0 Å². The Morgan fingerprint density at radius 1 is 1.10 bits per heavy atom. The number of benzene rings is 1. The van der Waals surface area contributed by atoms with Crippen LogP contribution in [0.25, 0.3) is 0 Å². The lowest BCUT2D eigenvalue weighted by atomic mass is 9.78. The van der Waals surface area contributed by atoms with Gasteiger partial charge in [-0.3, -0.25) is 0 Å². The predicted octanol–water partition coefficient (Wildman–Crippen LogP) is 5.58. The predicted molar refractivity (Wildman–Crippen MR) is 92.4 cm³/mol. The minimum atomic E-state index is 0.346. The van der Waals surface area contributed by atoms with E-state index in [0.717, 1.165) is 11.8 Å². The maximum Gasteiger partial charge on any atom is 0.0327 e. The summed E-state index contributed by atoms with van der Waals surface area (Å²) in [5.74, 6) is 1.69. The summed E-state index contributed by atoms with van der Waals surface area (Å²) < 4.78 is 0. The Balaban J connectivity index is 2.09. The van der Waals surface area contributed by atoms with Gasteiger partial charge in [-0.15, -0.1) is 0 Å². The van der Waals surface area contributed by atoms with Crippen LogP contribution in [0.2, 0.25) is 0 Å². The summed E-state index contributed by atoms with van der Waals surface area (Å²) in [7, 11) is 0. The monoisotopic (exact) mass is 287 g/mol. The summed E-state index contributed by atoms with van der Waals surface area (Å²) in [6.45, 7) is 11.9. The summed E-state index contributed by atoms with van der Waals surface area (Å²) in [4.78, 5) is 0. The van der Waals surface area contributed by atoms with Crippen LogP contribution >= 0.6 is 0 Å². The Hall–Kier alpha value is -0.820. The minimum absolute atomic E-state index is 0.346. The summed E-state index contributed by atoms with van der Waals surface area (Å²) in [6, 6.07) is 12.2. The topological polar surface area (TPSA) is 12.0 Å². The molecule has 0 bridgehead atoms. The van der Waals surface area contributed by atoms with Crippen LogP contribution < -0.4 is 5.32 Å². The molecule has 1 fully saturated rings. The van der Waals surface area contributed by atoms with Gasteiger partial charge < -0.3 is 5.32 Å². The van der Waals surface area contributed by atoms with Crippen molar-refractivity contribution in [1.29, 1.82) is 0 Å². The first-order valence-electron chi connectivity index (χ1n) is 8.66. The molecule has 1 heteroatoms. The average Bonchev–Trinajstić information content (AvgIpc) is 2.40. The summed E-state index contributed by atoms with van der Waals surface area (Å²) in [5.41, 5.74) is 1.79. The average molecular weight is 287 g/mol. The highest BCUT2D eigenvalue weighted by Gasteiger charge is 2.29. The second-order valence-electron chi connectivity index (χ2n) is 8.40. The number of hydrogen-bond acceptors (Lipinski definition) is 1. The van der Waals surface area contributed by atoms with Crippen LogP contribution in [-0.4, -0.2) is 6.04 Å². The zero-order valence-electron chi connectivity index (χ0n) is 14.5. The van der Waals surface area contributed by atoms with Gasteiger partial charge in [0.1, 0.15) is 0 Å². The van der Waals surface area contributed by atoms with E-state index in [1.807, 2.05) is 0 Å². The number of nitrogens with one attached hydrogen (secondary N) is 1. The highest BCUT2D eigenvalue weighted by atomic mass is 15.0. The van der Waals surface area contributed by atoms with Gasteiger partial charge in [-0.05, 0) is 48.5 Å². The van der Waals surface area contributed by atoms with Crippen LogP contribution in [-0.2, 0) is 0 Å². The van der Waals surface area contributed by atoms with E-state index in [0.29, 0.717) is 17.5 Å². The summed E-state index contributed by atoms with van der Waals surface area (Å²) in [6.07, 6.45) is 5.26. The van der Waals surface area contributed by atoms with Gasteiger partial charge in [-0.25, -0.2) is 0 Å². The third-order valence-corrected chi connectivity index (χ3v) is 4.87. The fraction of sp³-hybridized carbons (Fsp3) is 0.700. The van der Waals surface area contributed by atoms with E-state index in [4.69, 9.17) is 0 Å². The third kappa shape index (κ3) is 5.14. The zero-order valence-corrected chi connectivity index (χ0v) is 14.5. The molecule has 21 heavy (non-hydrogen) atoms. The molecule has 0 spiro atoms. The molecule has 0 amide bonds. The molecule has 1 nitrogen and oxygen atoms in total. The summed E-state index contributed by atoms with van der Waals surface area (Å²) >= 11 is 0. The van der Waals surface area contributed by atoms with Gasteiger partial charge in [0.15, 0.2) is 0 Å². The molecule has 0 radical (unpaired) electrons. The Labute approximate surface area is 131 Å². The van der Waals surface area contributed by atoms with Crippen LogP contribution in [0.15, 0.2) is 30.3 Å². The van der Waals surface area contributed by atoms with Crippen LogP contribution in [0.4, 0.5) is 0 Å². The smallest absolute Gasteiger partial charge is 0.0327 e. The molecule has 0 aliphatic heterocycles. The molecule has 1 aromatic carbocycles. The van der Waals surface area contributed by atoms with E-state index in [9.17, 15) is 0 Å². The fourth-order valence-corrected chi connectivity index (χ4v) is 3.74. The maximum absolute atomic E-state index is 4.00. The lowest BCUT2D eigenvalue weighted by molar-refractivity contribution is 0.195. The molecular formula is C20H33N. The second kappa shape index (κ2) is 6.96. The normalized spacial score (nSPS) is 28.3. The lowest BCUT2D eigenvalue weighted by Crippen LogP contribution is -2.42. The van der Waals surface area contributed by atoms with Crippen molar-refractivity contribution >= 4 is 0 Å². The molecule has 1 N–H and O–H groups in total. The molecule has 4 unspecified atom stereocenters. The van der Waals surface area contributed by atoms with Crippen molar-refractivity contribution in [3.05, 3.63) is 35.9 Å². The molecule has 0 heterocycles. The van der Waals surface area contributed by atoms with Crippen molar-refractivity contribution in [3.8, 4) is 0 Å². The largest absolute Gasteiger partial charge is 0.307 e. The van der Waals surface area contributed by atoms with Crippen LogP contribution in [0.3, 0.4) is 0 Å². The maximum atomic E-state index is 4.00. The van der Waals surface area contributed by atoms with Crippen LogP contribution in [0, 0.1) is 17.3 Å². The molecule has 1 saturated carbocycles. The van der Waals surface area contributed by atoms with Crippen LogP contribution in [0.5, 0.6) is 0 Å². The van der Waals surface area contributed by atoms with Crippen molar-refractivity contribution < 1.29 is 0 Å². The van der Waals surface area contributed by atoms with Crippen molar-refractivity contribution in [3.63, 3.8) is 0 Å². The lowest BCUT2D eigenvalue weighted by Gasteiger charge is -2.38. The first kappa shape index (κ1) is 16.5. The zero-order chi connectivity index (χ0) is 15.5. The first-order chi connectivity index (χ1) is 9.85. The Bertz CT molecular complexity index is 417. The van der Waals surface area contributed by atoms with Crippen molar-refractivity contribution in [2.24, 2.45) is 17.3 Å². The SMILES string of the molecule is CC1CCC(NC(CC(C)(C)C)c2ccccc2)C(C)C1. The minimum Gasteiger partial charge on any atom is -0.307 e. The fourth-order valence-electron chi connectivity index (χ4n) is 3.74. The van der Waals surface area contributed by atoms with Gasteiger partial charge in [-0.1, -0.05) is 65.0 Å². The van der Waals surface area contributed by atoms with Gasteiger partial charge in [0.05, 0.1) is 0 Å². The van der Waals surface area contributed by atoms with Gasteiger partial charge in [0, 0.05) is 12.1 Å². The standard InChI is InChI=1S/C20H33N/c1-15-11-12-18(16(2)13-15)21-19(14-20(3,4)5)17-9-7-6-8-10-17/h6-10,15-16,18-19,21H,11-14H2,1-5H3. The Morgan fingerprint density at radius 2 is 1.76 bits per heavy atom. The van der Waals surface area contributed by atoms with E-state index in [2.05, 4.69) is 70.3 Å². The number of hydrogen-bond donors (Lipinski definition) is 1. The quantitative estimate of drug-likeness (QED) is 0.762. The Kier molecular flexibility index (Phi) is 5.48. The highest BCUT2D eigenvalue weighted by Crippen LogP contribution is 2.34. The van der Waals surface area contributed by atoms with Crippen molar-refractivity contribution in [2.75, 3.05) is 0 Å². The molecule has 1 aromatic rings. The second-order valence-corrected chi connectivity index (χ2v) is 8.40. The first-order valence-corrected chi connectivity index (χ1v) is 8.66. The molecule has 1 aliphatic rings. The van der Waals surface area contributed by atoms with E-state index in [-0.39, 0.29) is 0 Å². The molecule has 0 aromatic heterocycles. The van der Waals surface area contributed by atoms with Crippen molar-refractivity contribution in [2.45, 2.75) is 72.4 Å². The van der Waals surface area contributed by atoms with E-state index in [1.54, 1.807) is 0 Å². The van der Waals surface area contributed by atoms with Crippen molar-refractivity contribution in [1.82, 2.24) is 5.32 Å².